The van der Waals surface area contributed by atoms with Gasteiger partial charge < -0.3 is 0 Å². The lowest BCUT2D eigenvalue weighted by Gasteiger charge is -1.91. The Morgan fingerprint density at radius 3 is 2.50 bits per heavy atom. The van der Waals surface area contributed by atoms with Gasteiger partial charge in [0.15, 0.2) is 11.6 Å². The summed E-state index contributed by atoms with van der Waals surface area (Å²) in [5, 5.41) is 0. The first-order chi connectivity index (χ1) is 5.61. The molecule has 0 radical (unpaired) electrons. The van der Waals surface area contributed by atoms with Crippen LogP contribution in [0.5, 0.6) is 0 Å². The van der Waals surface area contributed by atoms with Gasteiger partial charge in [-0.15, -0.1) is 0 Å². The second-order valence-corrected chi connectivity index (χ2v) is 3.02. The van der Waals surface area contributed by atoms with Gasteiger partial charge in [0.1, 0.15) is 0 Å². The van der Waals surface area contributed by atoms with E-state index in [2.05, 4.69) is 0 Å². The molecular formula is C10H12O2. The summed E-state index contributed by atoms with van der Waals surface area (Å²) in [6.45, 7) is 3.32. The van der Waals surface area contributed by atoms with E-state index in [0.717, 1.165) is 17.6 Å². The second-order valence-electron chi connectivity index (χ2n) is 3.02. The van der Waals surface area contributed by atoms with Gasteiger partial charge in [-0.25, -0.2) is 0 Å². The van der Waals surface area contributed by atoms with Crippen molar-refractivity contribution in [1.29, 1.82) is 0 Å². The van der Waals surface area contributed by atoms with E-state index in [1.807, 2.05) is 6.92 Å². The molecule has 0 bridgehead atoms. The maximum Gasteiger partial charge on any atom is 0.159 e. The fourth-order valence-corrected chi connectivity index (χ4v) is 1.23. The molecule has 0 aromatic heterocycles. The Hall–Kier alpha value is -1.18. The van der Waals surface area contributed by atoms with Crippen molar-refractivity contribution in [2.45, 2.75) is 26.7 Å². The molecule has 0 atom stereocenters. The molecule has 2 heteroatoms. The molecule has 0 amide bonds. The van der Waals surface area contributed by atoms with Crippen molar-refractivity contribution in [1.82, 2.24) is 0 Å². The molecule has 0 saturated carbocycles. The highest BCUT2D eigenvalue weighted by Gasteiger charge is 2.16. The lowest BCUT2D eigenvalue weighted by atomic mass is 10.1. The number of carbonyl (C=O) groups is 2. The summed E-state index contributed by atoms with van der Waals surface area (Å²) < 4.78 is 0. The molecule has 1 aliphatic carbocycles. The monoisotopic (exact) mass is 164 g/mol. The highest BCUT2D eigenvalue weighted by molar-refractivity contribution is 5.99. The Labute approximate surface area is 72.0 Å². The standard InChI is InChI=1S/C10H12O2/c1-7(11)3-4-9-5-6-10(12)8(9)2/h3-4H,5-6H2,1-2H3/b4-3+. The fourth-order valence-electron chi connectivity index (χ4n) is 1.23. The van der Waals surface area contributed by atoms with Crippen molar-refractivity contribution in [3.63, 3.8) is 0 Å². The van der Waals surface area contributed by atoms with Crippen molar-refractivity contribution in [3.8, 4) is 0 Å². The number of carbonyl (C=O) groups excluding carboxylic acids is 2. The van der Waals surface area contributed by atoms with Gasteiger partial charge in [0, 0.05) is 6.42 Å². The number of allylic oxidation sites excluding steroid dienone is 4. The van der Waals surface area contributed by atoms with Crippen LogP contribution in [0.3, 0.4) is 0 Å². The molecule has 12 heavy (non-hydrogen) atoms. The van der Waals surface area contributed by atoms with Crippen LogP contribution in [0.25, 0.3) is 0 Å². The van der Waals surface area contributed by atoms with E-state index in [-0.39, 0.29) is 11.6 Å². The highest BCUT2D eigenvalue weighted by atomic mass is 16.1. The van der Waals surface area contributed by atoms with Crippen molar-refractivity contribution in [3.05, 3.63) is 23.3 Å². The van der Waals surface area contributed by atoms with Gasteiger partial charge >= 0.3 is 0 Å². The number of ketones is 2. The van der Waals surface area contributed by atoms with E-state index >= 15 is 0 Å². The maximum atomic E-state index is 11.1. The number of rotatable bonds is 2. The molecule has 0 spiro atoms. The molecule has 1 aliphatic rings. The molecule has 0 aromatic rings. The van der Waals surface area contributed by atoms with E-state index in [1.54, 1.807) is 6.08 Å². The predicted octanol–water partition coefficient (Wildman–Crippen LogP) is 1.81. The van der Waals surface area contributed by atoms with Crippen LogP contribution in [-0.2, 0) is 9.59 Å². The smallest absolute Gasteiger partial charge is 0.159 e. The Morgan fingerprint density at radius 2 is 2.08 bits per heavy atom. The maximum absolute atomic E-state index is 11.1. The zero-order chi connectivity index (χ0) is 9.14. The summed E-state index contributed by atoms with van der Waals surface area (Å²) in [5.41, 5.74) is 1.82. The third-order valence-electron chi connectivity index (χ3n) is 2.04. The molecular weight excluding hydrogens is 152 g/mol. The van der Waals surface area contributed by atoms with E-state index in [9.17, 15) is 9.59 Å². The lowest BCUT2D eigenvalue weighted by molar-refractivity contribution is -0.115. The number of hydrogen-bond acceptors (Lipinski definition) is 2. The number of Topliss-reactive ketones (excluding diaryl/α,β-unsaturated/α-hetero) is 1. The lowest BCUT2D eigenvalue weighted by Crippen LogP contribution is -1.90. The van der Waals surface area contributed by atoms with Gasteiger partial charge in [-0.3, -0.25) is 9.59 Å². The minimum absolute atomic E-state index is 0.0228. The van der Waals surface area contributed by atoms with Gasteiger partial charge in [0.05, 0.1) is 0 Å². The van der Waals surface area contributed by atoms with Crippen LogP contribution >= 0.6 is 0 Å². The summed E-state index contributed by atoms with van der Waals surface area (Å²) in [7, 11) is 0. The van der Waals surface area contributed by atoms with Crippen molar-refractivity contribution < 1.29 is 9.59 Å². The van der Waals surface area contributed by atoms with Crippen LogP contribution < -0.4 is 0 Å². The van der Waals surface area contributed by atoms with Gasteiger partial charge in [0.25, 0.3) is 0 Å². The van der Waals surface area contributed by atoms with E-state index in [1.165, 1.54) is 13.0 Å². The molecule has 0 aliphatic heterocycles. The van der Waals surface area contributed by atoms with Crippen LogP contribution in [0.4, 0.5) is 0 Å². The number of hydrogen-bond donors (Lipinski definition) is 0. The molecule has 0 fully saturated rings. The fraction of sp³-hybridized carbons (Fsp3) is 0.400. The van der Waals surface area contributed by atoms with Crippen LogP contribution in [0.15, 0.2) is 23.3 Å². The minimum Gasteiger partial charge on any atom is -0.295 e. The first kappa shape index (κ1) is 8.91. The first-order valence-corrected chi connectivity index (χ1v) is 4.03. The predicted molar refractivity (Wildman–Crippen MR) is 46.8 cm³/mol. The summed E-state index contributed by atoms with van der Waals surface area (Å²) >= 11 is 0. The molecule has 0 saturated heterocycles. The first-order valence-electron chi connectivity index (χ1n) is 4.03. The quantitative estimate of drug-likeness (QED) is 0.583. The van der Waals surface area contributed by atoms with Crippen LogP contribution in [0.1, 0.15) is 26.7 Å². The van der Waals surface area contributed by atoms with Gasteiger partial charge in [-0.2, -0.15) is 0 Å². The Bertz CT molecular complexity index is 282. The normalized spacial score (nSPS) is 18.0. The summed E-state index contributed by atoms with van der Waals surface area (Å²) in [6.07, 6.45) is 4.65. The Morgan fingerprint density at radius 1 is 1.42 bits per heavy atom. The molecule has 0 unspecified atom stereocenters. The molecule has 64 valence electrons. The second kappa shape index (κ2) is 3.48. The molecule has 1 rings (SSSR count). The molecule has 0 aromatic carbocycles. The highest BCUT2D eigenvalue weighted by Crippen LogP contribution is 2.23. The zero-order valence-corrected chi connectivity index (χ0v) is 7.39. The minimum atomic E-state index is 0.0228. The van der Waals surface area contributed by atoms with E-state index in [4.69, 9.17) is 0 Å². The largest absolute Gasteiger partial charge is 0.295 e. The SMILES string of the molecule is CC(=O)/C=C/C1=C(C)C(=O)CC1. The third kappa shape index (κ3) is 1.91. The van der Waals surface area contributed by atoms with E-state index in [0.29, 0.717) is 6.42 Å². The average molecular weight is 164 g/mol. The molecule has 2 nitrogen and oxygen atoms in total. The topological polar surface area (TPSA) is 34.1 Å². The van der Waals surface area contributed by atoms with Crippen LogP contribution in [-0.4, -0.2) is 11.6 Å². The molecule has 0 N–H and O–H groups in total. The van der Waals surface area contributed by atoms with Crippen molar-refractivity contribution in [2.24, 2.45) is 0 Å². The van der Waals surface area contributed by atoms with Crippen molar-refractivity contribution >= 4 is 11.6 Å². The summed E-state index contributed by atoms with van der Waals surface area (Å²) in [4.78, 5) is 21.6. The summed E-state index contributed by atoms with van der Waals surface area (Å²) in [6, 6.07) is 0. The Kier molecular flexibility index (Phi) is 2.58. The van der Waals surface area contributed by atoms with Gasteiger partial charge in [-0.05, 0) is 37.5 Å². The average Bonchev–Trinajstić information content (AvgIpc) is 2.30. The van der Waals surface area contributed by atoms with Gasteiger partial charge in [0.2, 0.25) is 0 Å². The van der Waals surface area contributed by atoms with Crippen molar-refractivity contribution in [2.75, 3.05) is 0 Å². The Balaban J connectivity index is 2.77. The third-order valence-corrected chi connectivity index (χ3v) is 2.04. The molecule has 0 heterocycles. The van der Waals surface area contributed by atoms with Crippen LogP contribution in [0.2, 0.25) is 0 Å². The zero-order valence-electron chi connectivity index (χ0n) is 7.39. The van der Waals surface area contributed by atoms with Gasteiger partial charge in [-0.1, -0.05) is 6.08 Å². The van der Waals surface area contributed by atoms with Crippen LogP contribution in [0, 0.1) is 0 Å². The van der Waals surface area contributed by atoms with E-state index < -0.39 is 0 Å². The summed E-state index contributed by atoms with van der Waals surface area (Å²) in [5.74, 6) is 0.229.